The smallest absolute Gasteiger partial charge is 0.127 e. The summed E-state index contributed by atoms with van der Waals surface area (Å²) in [6, 6.07) is 4.22. The molecule has 0 saturated carbocycles. The summed E-state index contributed by atoms with van der Waals surface area (Å²) < 4.78 is 27.0. The minimum Gasteiger partial charge on any atom is -0.392 e. The van der Waals surface area contributed by atoms with E-state index in [4.69, 9.17) is 0 Å². The minimum atomic E-state index is -0.399. The summed E-state index contributed by atoms with van der Waals surface area (Å²) in [5, 5.41) is 9.73. The fourth-order valence-electron chi connectivity index (χ4n) is 3.38. The third-order valence-corrected chi connectivity index (χ3v) is 4.45. The Bertz CT molecular complexity index is 497. The highest BCUT2D eigenvalue weighted by atomic mass is 19.1. The maximum absolute atomic E-state index is 13.7. The van der Waals surface area contributed by atoms with Crippen LogP contribution in [0.5, 0.6) is 0 Å². The molecule has 1 aromatic rings. The van der Waals surface area contributed by atoms with E-state index in [2.05, 4.69) is 16.7 Å². The molecule has 0 radical (unpaired) electrons. The number of rotatable bonds is 2. The molecule has 3 rings (SSSR count). The quantitative estimate of drug-likeness (QED) is 0.892. The van der Waals surface area contributed by atoms with Gasteiger partial charge in [-0.15, -0.1) is 0 Å². The number of benzene rings is 1. The van der Waals surface area contributed by atoms with Gasteiger partial charge in [-0.05, 0) is 31.5 Å². The van der Waals surface area contributed by atoms with Crippen LogP contribution in [0.1, 0.15) is 18.9 Å². The van der Waals surface area contributed by atoms with Gasteiger partial charge in [0, 0.05) is 43.8 Å². The lowest BCUT2D eigenvalue weighted by Crippen LogP contribution is -2.54. The summed E-state index contributed by atoms with van der Waals surface area (Å²) in [5.74, 6) is -0.753. The van der Waals surface area contributed by atoms with Crippen LogP contribution in [0.25, 0.3) is 0 Å². The van der Waals surface area contributed by atoms with Crippen LogP contribution in [0.3, 0.4) is 0 Å². The van der Waals surface area contributed by atoms with Crippen molar-refractivity contribution in [3.05, 3.63) is 35.4 Å². The molecule has 0 bridgehead atoms. The maximum Gasteiger partial charge on any atom is 0.127 e. The number of piperazine rings is 1. The number of hydrogen-bond donors (Lipinski definition) is 1. The molecule has 20 heavy (non-hydrogen) atoms. The molecule has 0 amide bonds. The van der Waals surface area contributed by atoms with Crippen molar-refractivity contribution in [3.8, 4) is 0 Å². The fraction of sp³-hybridized carbons (Fsp3) is 0.600. The van der Waals surface area contributed by atoms with E-state index in [0.29, 0.717) is 18.2 Å². The third kappa shape index (κ3) is 2.71. The Kier molecular flexibility index (Phi) is 3.75. The van der Waals surface area contributed by atoms with Crippen LogP contribution in [0.2, 0.25) is 0 Å². The van der Waals surface area contributed by atoms with Crippen molar-refractivity contribution in [1.29, 1.82) is 0 Å². The lowest BCUT2D eigenvalue weighted by atomic mass is 10.1. The van der Waals surface area contributed by atoms with Gasteiger partial charge in [0.05, 0.1) is 6.10 Å². The van der Waals surface area contributed by atoms with Crippen LogP contribution in [-0.4, -0.2) is 52.7 Å². The molecule has 0 aliphatic carbocycles. The van der Waals surface area contributed by atoms with Crippen LogP contribution >= 0.6 is 0 Å². The minimum absolute atomic E-state index is 0.252. The molecular weight excluding hydrogens is 262 g/mol. The third-order valence-electron chi connectivity index (χ3n) is 4.45. The number of nitrogens with zero attached hydrogens (tertiary/aromatic N) is 2. The summed E-state index contributed by atoms with van der Waals surface area (Å²) in [7, 11) is 0. The number of fused-ring (bicyclic) bond motifs is 1. The largest absolute Gasteiger partial charge is 0.392 e. The fourth-order valence-corrected chi connectivity index (χ4v) is 3.38. The van der Waals surface area contributed by atoms with Crippen molar-refractivity contribution in [2.45, 2.75) is 38.1 Å². The van der Waals surface area contributed by atoms with Gasteiger partial charge >= 0.3 is 0 Å². The predicted molar refractivity (Wildman–Crippen MR) is 72.2 cm³/mol. The normalized spacial score (nSPS) is 31.5. The molecule has 1 N–H and O–H groups in total. The average Bonchev–Trinajstić information content (AvgIpc) is 2.73. The Morgan fingerprint density at radius 1 is 1.25 bits per heavy atom. The molecule has 3 atom stereocenters. The highest BCUT2D eigenvalue weighted by Gasteiger charge is 2.38. The van der Waals surface area contributed by atoms with Crippen molar-refractivity contribution in [2.24, 2.45) is 0 Å². The Balaban J connectivity index is 1.72. The average molecular weight is 282 g/mol. The van der Waals surface area contributed by atoms with Gasteiger partial charge in [-0.1, -0.05) is 0 Å². The highest BCUT2D eigenvalue weighted by molar-refractivity contribution is 5.19. The molecule has 2 heterocycles. The maximum atomic E-state index is 13.7. The van der Waals surface area contributed by atoms with Gasteiger partial charge < -0.3 is 5.11 Å². The molecule has 110 valence electrons. The zero-order valence-electron chi connectivity index (χ0n) is 11.6. The standard InChI is InChI=1S/C15H20F2N2O/c1-10-6-19-9-14(20)5-13(19)8-18(10)7-11-4-12(16)2-3-15(11)17/h2-4,10,13-14,20H,5-9H2,1H3/t10-,13+,14+/m0/s1. The first-order valence-corrected chi connectivity index (χ1v) is 7.13. The molecule has 3 nitrogen and oxygen atoms in total. The summed E-state index contributed by atoms with van der Waals surface area (Å²) >= 11 is 0. The summed E-state index contributed by atoms with van der Waals surface area (Å²) in [5.41, 5.74) is 0.406. The van der Waals surface area contributed by atoms with E-state index in [1.54, 1.807) is 0 Å². The Morgan fingerprint density at radius 3 is 2.85 bits per heavy atom. The van der Waals surface area contributed by atoms with Gasteiger partial charge in [0.1, 0.15) is 11.6 Å². The van der Waals surface area contributed by atoms with Crippen molar-refractivity contribution in [3.63, 3.8) is 0 Å². The number of halogens is 2. The zero-order valence-corrected chi connectivity index (χ0v) is 11.6. The molecule has 1 aromatic carbocycles. The molecular formula is C15H20F2N2O. The van der Waals surface area contributed by atoms with Crippen molar-refractivity contribution < 1.29 is 13.9 Å². The summed E-state index contributed by atoms with van der Waals surface area (Å²) in [6.45, 7) is 4.92. The summed E-state index contributed by atoms with van der Waals surface area (Å²) in [4.78, 5) is 4.48. The monoisotopic (exact) mass is 282 g/mol. The molecule has 2 saturated heterocycles. The molecule has 5 heteroatoms. The topological polar surface area (TPSA) is 26.7 Å². The molecule has 2 aliphatic rings. The van der Waals surface area contributed by atoms with Gasteiger partial charge in [0.2, 0.25) is 0 Å². The SMILES string of the molecule is C[C@H]1CN2C[C@H](O)C[C@@H]2CN1Cc1cc(F)ccc1F. The predicted octanol–water partition coefficient (Wildman–Crippen LogP) is 1.60. The van der Waals surface area contributed by atoms with Crippen molar-refractivity contribution in [2.75, 3.05) is 19.6 Å². The van der Waals surface area contributed by atoms with Gasteiger partial charge in [-0.3, -0.25) is 9.80 Å². The number of hydrogen-bond acceptors (Lipinski definition) is 3. The first-order chi connectivity index (χ1) is 9.52. The number of aliphatic hydroxyl groups is 1. The van der Waals surface area contributed by atoms with Crippen LogP contribution in [0.15, 0.2) is 18.2 Å². The van der Waals surface area contributed by atoms with E-state index in [0.717, 1.165) is 32.1 Å². The Hall–Kier alpha value is -1.04. The first-order valence-electron chi connectivity index (χ1n) is 7.13. The Morgan fingerprint density at radius 2 is 2.05 bits per heavy atom. The van der Waals surface area contributed by atoms with Crippen LogP contribution in [0.4, 0.5) is 8.78 Å². The van der Waals surface area contributed by atoms with Crippen molar-refractivity contribution in [1.82, 2.24) is 9.80 Å². The van der Waals surface area contributed by atoms with Gasteiger partial charge in [0.15, 0.2) is 0 Å². The lowest BCUT2D eigenvalue weighted by Gasteiger charge is -2.42. The highest BCUT2D eigenvalue weighted by Crippen LogP contribution is 2.26. The first kappa shape index (κ1) is 13.9. The molecule has 2 aliphatic heterocycles. The number of aliphatic hydroxyl groups excluding tert-OH is 1. The van der Waals surface area contributed by atoms with E-state index < -0.39 is 5.82 Å². The van der Waals surface area contributed by atoms with Gasteiger partial charge in [-0.25, -0.2) is 8.78 Å². The summed E-state index contributed by atoms with van der Waals surface area (Å²) in [6.07, 6.45) is 0.521. The van der Waals surface area contributed by atoms with Crippen LogP contribution < -0.4 is 0 Å². The van der Waals surface area contributed by atoms with E-state index in [-0.39, 0.29) is 18.0 Å². The van der Waals surface area contributed by atoms with Crippen LogP contribution in [-0.2, 0) is 6.54 Å². The second-order valence-electron chi connectivity index (χ2n) is 6.01. The van der Waals surface area contributed by atoms with E-state index >= 15 is 0 Å². The van der Waals surface area contributed by atoms with Gasteiger partial charge in [0.25, 0.3) is 0 Å². The Labute approximate surface area is 117 Å². The van der Waals surface area contributed by atoms with E-state index in [1.807, 2.05) is 0 Å². The van der Waals surface area contributed by atoms with Crippen LogP contribution in [0, 0.1) is 11.6 Å². The van der Waals surface area contributed by atoms with E-state index in [9.17, 15) is 13.9 Å². The second kappa shape index (κ2) is 5.39. The lowest BCUT2D eigenvalue weighted by molar-refractivity contribution is 0.0521. The molecule has 0 unspecified atom stereocenters. The zero-order chi connectivity index (χ0) is 14.3. The van der Waals surface area contributed by atoms with E-state index in [1.165, 1.54) is 12.1 Å². The van der Waals surface area contributed by atoms with Gasteiger partial charge in [-0.2, -0.15) is 0 Å². The van der Waals surface area contributed by atoms with Crippen molar-refractivity contribution >= 4 is 0 Å². The second-order valence-corrected chi connectivity index (χ2v) is 6.01. The molecule has 0 spiro atoms. The molecule has 2 fully saturated rings. The molecule has 0 aromatic heterocycles.